The van der Waals surface area contributed by atoms with Crippen LogP contribution in [0.4, 0.5) is 5.69 Å². The predicted molar refractivity (Wildman–Crippen MR) is 89.7 cm³/mol. The van der Waals surface area contributed by atoms with E-state index in [2.05, 4.69) is 72.2 Å². The minimum Gasteiger partial charge on any atom is -0.507 e. The first-order valence-electron chi connectivity index (χ1n) is 5.64. The molecule has 2 rings (SSSR count). The topological polar surface area (TPSA) is 32.3 Å². The largest absolute Gasteiger partial charge is 0.507 e. The molecule has 2 nitrogen and oxygen atoms in total. The molecule has 0 saturated heterocycles. The van der Waals surface area contributed by atoms with Crippen LogP contribution < -0.4 is 5.32 Å². The van der Waals surface area contributed by atoms with Crippen molar-refractivity contribution in [1.82, 2.24) is 0 Å². The van der Waals surface area contributed by atoms with Crippen LogP contribution >= 0.6 is 47.8 Å². The summed E-state index contributed by atoms with van der Waals surface area (Å²) >= 11 is 10.4. The van der Waals surface area contributed by atoms with E-state index in [9.17, 15) is 5.11 Å². The molecule has 0 heterocycles. The van der Waals surface area contributed by atoms with Gasteiger partial charge in [0, 0.05) is 15.5 Å². The highest BCUT2D eigenvalue weighted by molar-refractivity contribution is 9.11. The number of rotatable bonds is 3. The van der Waals surface area contributed by atoms with Crippen molar-refractivity contribution in [1.29, 1.82) is 0 Å². The number of hydrogen-bond acceptors (Lipinski definition) is 2. The lowest BCUT2D eigenvalue weighted by Gasteiger charge is -2.12. The summed E-state index contributed by atoms with van der Waals surface area (Å²) in [5, 5.41) is 12.8. The first-order valence-corrected chi connectivity index (χ1v) is 8.02. The second-order valence-electron chi connectivity index (χ2n) is 4.24. The summed E-state index contributed by atoms with van der Waals surface area (Å²) in [4.78, 5) is 0. The minimum atomic E-state index is 0.251. The highest BCUT2D eigenvalue weighted by Gasteiger charge is 2.06. The van der Waals surface area contributed by atoms with Crippen molar-refractivity contribution in [2.24, 2.45) is 0 Å². The van der Waals surface area contributed by atoms with Gasteiger partial charge in [-0.2, -0.15) is 0 Å². The average molecular weight is 450 g/mol. The predicted octanol–water partition coefficient (Wildman–Crippen LogP) is 5.60. The van der Waals surface area contributed by atoms with Gasteiger partial charge in [0.25, 0.3) is 0 Å². The summed E-state index contributed by atoms with van der Waals surface area (Å²) in [6.45, 7) is 2.73. The number of nitrogens with one attached hydrogen (secondary N) is 1. The van der Waals surface area contributed by atoms with Crippen LogP contribution in [0.3, 0.4) is 0 Å². The second kappa shape index (κ2) is 6.29. The van der Waals surface area contributed by atoms with E-state index in [1.165, 1.54) is 5.56 Å². The maximum Gasteiger partial charge on any atom is 0.129 e. The van der Waals surface area contributed by atoms with Gasteiger partial charge in [0.1, 0.15) is 5.75 Å². The van der Waals surface area contributed by atoms with E-state index in [1.54, 1.807) is 6.07 Å². The van der Waals surface area contributed by atoms with Crippen LogP contribution in [0.15, 0.2) is 43.7 Å². The third kappa shape index (κ3) is 3.74. The Labute approximate surface area is 137 Å². The van der Waals surface area contributed by atoms with E-state index >= 15 is 0 Å². The van der Waals surface area contributed by atoms with Gasteiger partial charge in [-0.05, 0) is 90.1 Å². The van der Waals surface area contributed by atoms with Crippen LogP contribution in [0, 0.1) is 6.92 Å². The smallest absolute Gasteiger partial charge is 0.129 e. The Bertz CT molecular complexity index is 591. The Morgan fingerprint density at radius 3 is 2.21 bits per heavy atom. The monoisotopic (exact) mass is 447 g/mol. The third-order valence-corrected chi connectivity index (χ3v) is 4.55. The molecule has 2 aromatic carbocycles. The number of benzene rings is 2. The van der Waals surface area contributed by atoms with Crippen LogP contribution in [0.5, 0.6) is 5.75 Å². The molecular weight excluding hydrogens is 438 g/mol. The zero-order valence-electron chi connectivity index (χ0n) is 10.2. The molecule has 0 radical (unpaired) electrons. The fourth-order valence-corrected chi connectivity index (χ4v) is 3.84. The molecule has 100 valence electrons. The quantitative estimate of drug-likeness (QED) is 0.639. The molecule has 0 aliphatic heterocycles. The molecule has 0 amide bonds. The molecule has 2 N–H and O–H groups in total. The molecule has 0 aliphatic carbocycles. The Kier molecular flexibility index (Phi) is 4.92. The van der Waals surface area contributed by atoms with Gasteiger partial charge in [-0.3, -0.25) is 0 Å². The van der Waals surface area contributed by atoms with Crippen LogP contribution in [0.2, 0.25) is 0 Å². The van der Waals surface area contributed by atoms with Crippen molar-refractivity contribution in [3.05, 3.63) is 54.9 Å². The molecule has 0 aliphatic rings. The minimum absolute atomic E-state index is 0.251. The Hall–Kier alpha value is -0.520. The van der Waals surface area contributed by atoms with Crippen molar-refractivity contribution in [2.45, 2.75) is 13.5 Å². The van der Waals surface area contributed by atoms with Crippen molar-refractivity contribution in [3.63, 3.8) is 0 Å². The highest BCUT2D eigenvalue weighted by Crippen LogP contribution is 2.33. The normalized spacial score (nSPS) is 10.5. The van der Waals surface area contributed by atoms with Gasteiger partial charge >= 0.3 is 0 Å². The summed E-state index contributed by atoms with van der Waals surface area (Å²) in [5.74, 6) is 0.251. The van der Waals surface area contributed by atoms with Crippen molar-refractivity contribution < 1.29 is 5.11 Å². The number of aryl methyl sites for hydroxylation is 1. The lowest BCUT2D eigenvalue weighted by molar-refractivity contribution is 0.471. The number of halogens is 3. The van der Waals surface area contributed by atoms with Gasteiger partial charge in [-0.25, -0.2) is 0 Å². The molecule has 0 atom stereocenters. The zero-order valence-corrected chi connectivity index (χ0v) is 14.9. The van der Waals surface area contributed by atoms with Crippen molar-refractivity contribution in [3.8, 4) is 5.75 Å². The molecule has 19 heavy (non-hydrogen) atoms. The number of anilines is 1. The third-order valence-electron chi connectivity index (χ3n) is 2.67. The van der Waals surface area contributed by atoms with Crippen molar-refractivity contribution >= 4 is 53.5 Å². The zero-order chi connectivity index (χ0) is 14.0. The lowest BCUT2D eigenvalue weighted by atomic mass is 10.2. The van der Waals surface area contributed by atoms with Crippen LogP contribution in [-0.4, -0.2) is 5.11 Å². The van der Waals surface area contributed by atoms with E-state index < -0.39 is 0 Å². The SMILES string of the molecule is Cc1cc(Br)c(NCc2ccc(O)c(Br)c2)c(Br)c1. The molecule has 0 saturated carbocycles. The molecule has 5 heteroatoms. The van der Waals surface area contributed by atoms with E-state index in [-0.39, 0.29) is 5.75 Å². The fraction of sp³-hybridized carbons (Fsp3) is 0.143. The number of hydrogen-bond donors (Lipinski definition) is 2. The highest BCUT2D eigenvalue weighted by atomic mass is 79.9. The summed E-state index contributed by atoms with van der Waals surface area (Å²) in [6.07, 6.45) is 0. The van der Waals surface area contributed by atoms with Gasteiger partial charge < -0.3 is 10.4 Å². The van der Waals surface area contributed by atoms with E-state index in [0.29, 0.717) is 11.0 Å². The Morgan fingerprint density at radius 1 is 1.00 bits per heavy atom. The average Bonchev–Trinajstić information content (AvgIpc) is 2.32. The number of phenols is 1. The summed E-state index contributed by atoms with van der Waals surface area (Å²) < 4.78 is 2.75. The van der Waals surface area contributed by atoms with Gasteiger partial charge in [-0.15, -0.1) is 0 Å². The standard InChI is InChI=1S/C14H12Br3NO/c1-8-4-11(16)14(12(17)5-8)18-7-9-2-3-13(19)10(15)6-9/h2-6,18-19H,7H2,1H3. The number of aromatic hydroxyl groups is 1. The first-order chi connectivity index (χ1) is 8.97. The molecular formula is C14H12Br3NO. The Morgan fingerprint density at radius 2 is 1.63 bits per heavy atom. The summed E-state index contributed by atoms with van der Waals surface area (Å²) in [6, 6.07) is 9.61. The lowest BCUT2D eigenvalue weighted by Crippen LogP contribution is -2.01. The number of phenolic OH excluding ortho intramolecular Hbond substituents is 1. The maximum atomic E-state index is 9.47. The fourth-order valence-electron chi connectivity index (χ4n) is 1.72. The molecule has 0 aromatic heterocycles. The Balaban J connectivity index is 2.16. The summed E-state index contributed by atoms with van der Waals surface area (Å²) in [5.41, 5.74) is 3.30. The van der Waals surface area contributed by atoms with E-state index in [4.69, 9.17) is 0 Å². The van der Waals surface area contributed by atoms with E-state index in [0.717, 1.165) is 20.2 Å². The van der Waals surface area contributed by atoms with Crippen LogP contribution in [-0.2, 0) is 6.54 Å². The molecule has 0 fully saturated rings. The molecule has 2 aromatic rings. The van der Waals surface area contributed by atoms with E-state index in [1.807, 2.05) is 12.1 Å². The van der Waals surface area contributed by atoms with Gasteiger partial charge in [0.05, 0.1) is 10.2 Å². The summed E-state index contributed by atoms with van der Waals surface area (Å²) in [7, 11) is 0. The van der Waals surface area contributed by atoms with Gasteiger partial charge in [0.2, 0.25) is 0 Å². The second-order valence-corrected chi connectivity index (χ2v) is 6.81. The van der Waals surface area contributed by atoms with Gasteiger partial charge in [-0.1, -0.05) is 6.07 Å². The van der Waals surface area contributed by atoms with Crippen LogP contribution in [0.25, 0.3) is 0 Å². The molecule has 0 spiro atoms. The van der Waals surface area contributed by atoms with Crippen molar-refractivity contribution in [2.75, 3.05) is 5.32 Å². The maximum absolute atomic E-state index is 9.47. The molecule has 0 bridgehead atoms. The first kappa shape index (κ1) is 14.9. The molecule has 0 unspecified atom stereocenters. The van der Waals surface area contributed by atoms with Crippen LogP contribution in [0.1, 0.15) is 11.1 Å². The van der Waals surface area contributed by atoms with Gasteiger partial charge in [0.15, 0.2) is 0 Å².